The normalized spacial score (nSPS) is 11.0. The van der Waals surface area contributed by atoms with E-state index in [9.17, 15) is 18.4 Å². The molecule has 0 fully saturated rings. The number of aromatic nitrogens is 3. The fraction of sp³-hybridized carbons (Fsp3) is 0.304. The number of hydrogen-bond donors (Lipinski definition) is 0. The van der Waals surface area contributed by atoms with Crippen LogP contribution in [0.25, 0.3) is 0 Å². The number of rotatable bonds is 10. The van der Waals surface area contributed by atoms with Crippen LogP contribution in [-0.4, -0.2) is 32.1 Å². The fourth-order valence-electron chi connectivity index (χ4n) is 3.25. The zero-order chi connectivity index (χ0) is 22.4. The van der Waals surface area contributed by atoms with E-state index >= 15 is 0 Å². The van der Waals surface area contributed by atoms with Gasteiger partial charge in [0.2, 0.25) is 0 Å². The Bertz CT molecular complexity index is 1100. The molecule has 0 saturated heterocycles. The molecular formula is C23H23F2N3O2S. The number of carbonyl (C=O) groups excluding carboxylic acids is 2. The third-order valence-corrected chi connectivity index (χ3v) is 5.73. The Labute approximate surface area is 183 Å². The number of thioether (sulfide) groups is 1. The van der Waals surface area contributed by atoms with Crippen molar-refractivity contribution in [3.8, 4) is 0 Å². The van der Waals surface area contributed by atoms with Crippen LogP contribution < -0.4 is 0 Å². The van der Waals surface area contributed by atoms with Crippen molar-refractivity contribution in [1.82, 2.24) is 14.8 Å². The van der Waals surface area contributed by atoms with Gasteiger partial charge in [-0.2, -0.15) is 0 Å². The second kappa shape index (κ2) is 10.4. The van der Waals surface area contributed by atoms with E-state index in [2.05, 4.69) is 10.2 Å². The first-order chi connectivity index (χ1) is 14.9. The molecular weight excluding hydrogens is 420 g/mol. The summed E-state index contributed by atoms with van der Waals surface area (Å²) in [5.74, 6) is -0.815. The molecule has 0 bridgehead atoms. The lowest BCUT2D eigenvalue weighted by atomic mass is 10.0. The van der Waals surface area contributed by atoms with Crippen LogP contribution >= 0.6 is 11.8 Å². The molecule has 1 heterocycles. The minimum atomic E-state index is -0.606. The molecule has 0 amide bonds. The van der Waals surface area contributed by atoms with Gasteiger partial charge in [-0.25, -0.2) is 8.78 Å². The lowest BCUT2D eigenvalue weighted by molar-refractivity contribution is -0.118. The average molecular weight is 444 g/mol. The van der Waals surface area contributed by atoms with Crippen LogP contribution in [0.15, 0.2) is 47.6 Å². The molecule has 0 aliphatic rings. The maximum absolute atomic E-state index is 13.7. The second-order valence-electron chi connectivity index (χ2n) is 7.26. The van der Waals surface area contributed by atoms with E-state index in [0.29, 0.717) is 23.9 Å². The smallest absolute Gasteiger partial charge is 0.191 e. The summed E-state index contributed by atoms with van der Waals surface area (Å²) in [7, 11) is 0. The van der Waals surface area contributed by atoms with E-state index in [1.165, 1.54) is 11.8 Å². The van der Waals surface area contributed by atoms with Crippen LogP contribution in [0.1, 0.15) is 29.4 Å². The van der Waals surface area contributed by atoms with Gasteiger partial charge in [-0.3, -0.25) is 9.59 Å². The molecule has 2 aromatic carbocycles. The maximum Gasteiger partial charge on any atom is 0.191 e. The van der Waals surface area contributed by atoms with Gasteiger partial charge in [0.15, 0.2) is 5.16 Å². The topological polar surface area (TPSA) is 64.8 Å². The number of carbonyl (C=O) groups is 2. The van der Waals surface area contributed by atoms with E-state index < -0.39 is 11.6 Å². The van der Waals surface area contributed by atoms with E-state index in [-0.39, 0.29) is 35.7 Å². The molecule has 5 nitrogen and oxygen atoms in total. The van der Waals surface area contributed by atoms with Gasteiger partial charge in [-0.15, -0.1) is 10.2 Å². The summed E-state index contributed by atoms with van der Waals surface area (Å²) in [5, 5.41) is 8.76. The Morgan fingerprint density at radius 1 is 1.00 bits per heavy atom. The SMILES string of the molecule is CCn1c(CC(=O)Cc2cccc(C)c2)nnc1SCC(=O)Cc1cc(F)ccc1F. The van der Waals surface area contributed by atoms with Crippen molar-refractivity contribution < 1.29 is 18.4 Å². The fourth-order valence-corrected chi connectivity index (χ4v) is 4.13. The largest absolute Gasteiger partial charge is 0.306 e. The van der Waals surface area contributed by atoms with E-state index in [1.54, 1.807) is 4.57 Å². The molecule has 31 heavy (non-hydrogen) atoms. The molecule has 0 N–H and O–H groups in total. The molecule has 0 unspecified atom stereocenters. The molecule has 1 aromatic heterocycles. The molecule has 0 atom stereocenters. The van der Waals surface area contributed by atoms with Gasteiger partial charge in [0.1, 0.15) is 29.0 Å². The van der Waals surface area contributed by atoms with Crippen LogP contribution in [0.4, 0.5) is 8.78 Å². The maximum atomic E-state index is 13.7. The summed E-state index contributed by atoms with van der Waals surface area (Å²) in [5.41, 5.74) is 2.09. The highest BCUT2D eigenvalue weighted by Gasteiger charge is 2.17. The highest BCUT2D eigenvalue weighted by Crippen LogP contribution is 2.19. The molecule has 3 aromatic rings. The highest BCUT2D eigenvalue weighted by molar-refractivity contribution is 7.99. The number of nitrogens with zero attached hydrogens (tertiary/aromatic N) is 3. The summed E-state index contributed by atoms with van der Waals surface area (Å²) in [6.45, 7) is 4.44. The van der Waals surface area contributed by atoms with Crippen molar-refractivity contribution >= 4 is 23.3 Å². The van der Waals surface area contributed by atoms with Crippen molar-refractivity contribution in [2.24, 2.45) is 0 Å². The molecule has 0 aliphatic carbocycles. The Morgan fingerprint density at radius 3 is 2.55 bits per heavy atom. The summed E-state index contributed by atoms with van der Waals surface area (Å²) >= 11 is 1.18. The summed E-state index contributed by atoms with van der Waals surface area (Å²) in [6.07, 6.45) is 0.273. The van der Waals surface area contributed by atoms with E-state index in [4.69, 9.17) is 0 Å². The Kier molecular flexibility index (Phi) is 7.68. The monoisotopic (exact) mass is 443 g/mol. The van der Waals surface area contributed by atoms with Gasteiger partial charge in [-0.05, 0) is 43.2 Å². The van der Waals surface area contributed by atoms with Crippen molar-refractivity contribution in [2.45, 2.75) is 44.8 Å². The zero-order valence-electron chi connectivity index (χ0n) is 17.4. The number of ketones is 2. The van der Waals surface area contributed by atoms with Gasteiger partial charge in [0.05, 0.1) is 12.2 Å². The summed E-state index contributed by atoms with van der Waals surface area (Å²) < 4.78 is 28.8. The quantitative estimate of drug-likeness (QED) is 0.441. The first-order valence-electron chi connectivity index (χ1n) is 9.93. The average Bonchev–Trinajstić information content (AvgIpc) is 3.10. The van der Waals surface area contributed by atoms with Crippen molar-refractivity contribution in [3.63, 3.8) is 0 Å². The number of benzene rings is 2. The second-order valence-corrected chi connectivity index (χ2v) is 8.21. The summed E-state index contributed by atoms with van der Waals surface area (Å²) in [6, 6.07) is 10.9. The number of halogens is 2. The van der Waals surface area contributed by atoms with Gasteiger partial charge >= 0.3 is 0 Å². The highest BCUT2D eigenvalue weighted by atomic mass is 32.2. The Balaban J connectivity index is 1.59. The van der Waals surface area contributed by atoms with E-state index in [0.717, 1.165) is 29.3 Å². The Hall–Kier alpha value is -2.87. The minimum Gasteiger partial charge on any atom is -0.306 e. The minimum absolute atomic E-state index is 0.0295. The van der Waals surface area contributed by atoms with Gasteiger partial charge in [0, 0.05) is 19.4 Å². The van der Waals surface area contributed by atoms with Gasteiger partial charge < -0.3 is 4.57 Å². The van der Waals surface area contributed by atoms with Crippen molar-refractivity contribution in [1.29, 1.82) is 0 Å². The van der Waals surface area contributed by atoms with Crippen molar-refractivity contribution in [3.05, 3.63) is 76.6 Å². The van der Waals surface area contributed by atoms with Crippen LogP contribution in [0.3, 0.4) is 0 Å². The van der Waals surface area contributed by atoms with Crippen LogP contribution in [0, 0.1) is 18.6 Å². The molecule has 0 spiro atoms. The number of Topliss-reactive ketones (excluding diaryl/α,β-unsaturated/α-hetero) is 2. The summed E-state index contributed by atoms with van der Waals surface area (Å²) in [4.78, 5) is 24.7. The molecule has 0 radical (unpaired) electrons. The molecule has 3 rings (SSSR count). The third kappa shape index (κ3) is 6.30. The van der Waals surface area contributed by atoms with E-state index in [1.807, 2.05) is 38.1 Å². The number of hydrogen-bond acceptors (Lipinski definition) is 5. The lowest BCUT2D eigenvalue weighted by Crippen LogP contribution is -2.13. The molecule has 0 saturated carbocycles. The predicted octanol–water partition coefficient (Wildman–Crippen LogP) is 4.14. The van der Waals surface area contributed by atoms with Crippen LogP contribution in [0.2, 0.25) is 0 Å². The van der Waals surface area contributed by atoms with Gasteiger partial charge in [-0.1, -0.05) is 41.6 Å². The first-order valence-corrected chi connectivity index (χ1v) is 10.9. The molecule has 162 valence electrons. The molecule has 0 aliphatic heterocycles. The lowest BCUT2D eigenvalue weighted by Gasteiger charge is -2.07. The zero-order valence-corrected chi connectivity index (χ0v) is 18.2. The first kappa shape index (κ1) is 22.8. The van der Waals surface area contributed by atoms with Crippen LogP contribution in [0.5, 0.6) is 0 Å². The Morgan fingerprint density at radius 2 is 1.81 bits per heavy atom. The van der Waals surface area contributed by atoms with Crippen molar-refractivity contribution in [2.75, 3.05) is 5.75 Å². The molecule has 8 heteroatoms. The number of aryl methyl sites for hydroxylation is 1. The van der Waals surface area contributed by atoms with Gasteiger partial charge in [0.25, 0.3) is 0 Å². The third-order valence-electron chi connectivity index (χ3n) is 4.71. The standard InChI is InChI=1S/C23H23F2N3O2S/c1-3-28-22(13-19(29)10-16-6-4-5-15(2)9-16)26-27-23(28)31-14-20(30)12-17-11-18(24)7-8-21(17)25/h4-9,11H,3,10,12-14H2,1-2H3. The predicted molar refractivity (Wildman–Crippen MR) is 115 cm³/mol. The van der Waals surface area contributed by atoms with Crippen LogP contribution in [-0.2, 0) is 35.4 Å².